The van der Waals surface area contributed by atoms with Gasteiger partial charge >= 0.3 is 0 Å². The lowest BCUT2D eigenvalue weighted by atomic mass is 10.1. The predicted molar refractivity (Wildman–Crippen MR) is 88.6 cm³/mol. The fourth-order valence-electron chi connectivity index (χ4n) is 1.46. The molecule has 1 heterocycles. The number of nitrogen functional groups attached to an aromatic ring is 1. The second kappa shape index (κ2) is 10.4. The summed E-state index contributed by atoms with van der Waals surface area (Å²) in [5.74, 6) is 1.10. The average molecular weight is 284 g/mol. The molecule has 1 aromatic carbocycles. The number of nitrogens with two attached hydrogens (primary N) is 1. The number of nitriles is 1. The highest BCUT2D eigenvalue weighted by atomic mass is 14.9. The maximum Gasteiger partial charge on any atom is 0.161 e. The molecule has 0 aliphatic carbocycles. The van der Waals surface area contributed by atoms with Crippen LogP contribution in [0.25, 0.3) is 11.4 Å². The third-order valence-electron chi connectivity index (χ3n) is 2.51. The zero-order valence-corrected chi connectivity index (χ0v) is 13.5. The lowest BCUT2D eigenvalue weighted by molar-refractivity contribution is 1.14. The van der Waals surface area contributed by atoms with Crippen LogP contribution < -0.4 is 5.73 Å². The molecule has 2 N–H and O–H groups in total. The molecule has 0 aliphatic rings. The Morgan fingerprint density at radius 2 is 1.67 bits per heavy atom. The van der Waals surface area contributed by atoms with Crippen LogP contribution >= 0.6 is 0 Å². The van der Waals surface area contributed by atoms with E-state index in [1.54, 1.807) is 6.20 Å². The molecule has 2 rings (SSSR count). The van der Waals surface area contributed by atoms with E-state index in [1.165, 1.54) is 0 Å². The summed E-state index contributed by atoms with van der Waals surface area (Å²) < 4.78 is 0. The largest absolute Gasteiger partial charge is 0.383 e. The topological polar surface area (TPSA) is 75.6 Å². The van der Waals surface area contributed by atoms with Gasteiger partial charge in [-0.05, 0) is 12.5 Å². The molecule has 0 fully saturated rings. The van der Waals surface area contributed by atoms with Crippen LogP contribution in [0, 0.1) is 18.3 Å². The first-order valence-corrected chi connectivity index (χ1v) is 7.26. The number of rotatable bonds is 2. The Balaban J connectivity index is 0.000000921. The molecule has 0 saturated carbocycles. The van der Waals surface area contributed by atoms with Gasteiger partial charge in [0.2, 0.25) is 0 Å². The first-order valence-electron chi connectivity index (χ1n) is 7.26. The molecule has 0 unspecified atom stereocenters. The van der Waals surface area contributed by atoms with Gasteiger partial charge in [-0.2, -0.15) is 5.26 Å². The van der Waals surface area contributed by atoms with E-state index in [-0.39, 0.29) is 0 Å². The minimum Gasteiger partial charge on any atom is -0.383 e. The Morgan fingerprint density at radius 3 is 2.14 bits per heavy atom. The van der Waals surface area contributed by atoms with Crippen LogP contribution in [0.15, 0.2) is 30.5 Å². The lowest BCUT2D eigenvalue weighted by Gasteiger charge is -2.03. The number of benzene rings is 1. The minimum absolute atomic E-state index is 0.414. The van der Waals surface area contributed by atoms with Gasteiger partial charge in [0.05, 0.1) is 12.5 Å². The smallest absolute Gasteiger partial charge is 0.161 e. The summed E-state index contributed by atoms with van der Waals surface area (Å²) >= 11 is 0. The molecule has 4 heteroatoms. The molecule has 2 aromatic rings. The molecule has 112 valence electrons. The number of aryl methyl sites for hydroxylation is 1. The summed E-state index contributed by atoms with van der Waals surface area (Å²) in [7, 11) is 0. The third kappa shape index (κ3) is 5.62. The van der Waals surface area contributed by atoms with Crippen molar-refractivity contribution in [3.05, 3.63) is 41.6 Å². The second-order valence-corrected chi connectivity index (χ2v) is 3.79. The van der Waals surface area contributed by atoms with Gasteiger partial charge in [0.1, 0.15) is 5.82 Å². The predicted octanol–water partition coefficient (Wildman–Crippen LogP) is 4.15. The molecule has 0 atom stereocenters. The van der Waals surface area contributed by atoms with Gasteiger partial charge in [0.15, 0.2) is 5.82 Å². The molecular formula is C17H24N4. The van der Waals surface area contributed by atoms with Crippen molar-refractivity contribution < 1.29 is 0 Å². The molecule has 0 bridgehead atoms. The van der Waals surface area contributed by atoms with Crippen LogP contribution in [-0.4, -0.2) is 9.97 Å². The van der Waals surface area contributed by atoms with E-state index in [9.17, 15) is 0 Å². The molecule has 0 saturated heterocycles. The number of anilines is 1. The maximum absolute atomic E-state index is 8.58. The van der Waals surface area contributed by atoms with E-state index >= 15 is 0 Å². The Kier molecular flexibility index (Phi) is 9.19. The van der Waals surface area contributed by atoms with Crippen LogP contribution in [0.4, 0.5) is 5.82 Å². The SMILES string of the molecule is CC.CC.Cc1cnc(-c2ccc(CC#N)cc2)nc1N. The van der Waals surface area contributed by atoms with E-state index in [4.69, 9.17) is 11.0 Å². The van der Waals surface area contributed by atoms with Gasteiger partial charge in [-0.25, -0.2) is 9.97 Å². The van der Waals surface area contributed by atoms with Crippen molar-refractivity contribution >= 4 is 5.82 Å². The van der Waals surface area contributed by atoms with Crippen molar-refractivity contribution in [2.24, 2.45) is 0 Å². The van der Waals surface area contributed by atoms with Gasteiger partial charge in [-0.15, -0.1) is 0 Å². The molecular weight excluding hydrogens is 260 g/mol. The summed E-state index contributed by atoms with van der Waals surface area (Å²) in [4.78, 5) is 8.45. The number of hydrogen-bond acceptors (Lipinski definition) is 4. The molecule has 21 heavy (non-hydrogen) atoms. The Morgan fingerprint density at radius 1 is 1.10 bits per heavy atom. The summed E-state index contributed by atoms with van der Waals surface area (Å²) in [5, 5.41) is 8.58. The normalized spacial score (nSPS) is 8.57. The number of nitrogens with zero attached hydrogens (tertiary/aromatic N) is 3. The first-order chi connectivity index (χ1) is 10.2. The Hall–Kier alpha value is -2.41. The third-order valence-corrected chi connectivity index (χ3v) is 2.51. The summed E-state index contributed by atoms with van der Waals surface area (Å²) in [6, 6.07) is 9.71. The monoisotopic (exact) mass is 284 g/mol. The molecule has 0 radical (unpaired) electrons. The molecule has 1 aromatic heterocycles. The van der Waals surface area contributed by atoms with Crippen LogP contribution in [0.5, 0.6) is 0 Å². The molecule has 4 nitrogen and oxygen atoms in total. The fraction of sp³-hybridized carbons (Fsp3) is 0.353. The van der Waals surface area contributed by atoms with E-state index < -0.39 is 0 Å². The summed E-state index contributed by atoms with van der Waals surface area (Å²) in [6.45, 7) is 9.87. The van der Waals surface area contributed by atoms with E-state index in [2.05, 4.69) is 16.0 Å². The van der Waals surface area contributed by atoms with Gasteiger partial charge in [-0.3, -0.25) is 0 Å². The first kappa shape index (κ1) is 18.6. The quantitative estimate of drug-likeness (QED) is 0.898. The van der Waals surface area contributed by atoms with Crippen molar-refractivity contribution in [1.82, 2.24) is 9.97 Å². The van der Waals surface area contributed by atoms with Gasteiger partial charge in [-0.1, -0.05) is 52.0 Å². The van der Waals surface area contributed by atoms with Crippen LogP contribution in [0.1, 0.15) is 38.8 Å². The van der Waals surface area contributed by atoms with Crippen LogP contribution in [0.3, 0.4) is 0 Å². The minimum atomic E-state index is 0.414. The van der Waals surface area contributed by atoms with Crippen molar-refractivity contribution in [1.29, 1.82) is 5.26 Å². The van der Waals surface area contributed by atoms with E-state index in [1.807, 2.05) is 58.9 Å². The highest BCUT2D eigenvalue weighted by molar-refractivity contribution is 5.57. The highest BCUT2D eigenvalue weighted by Gasteiger charge is 2.03. The zero-order valence-electron chi connectivity index (χ0n) is 13.5. The fourth-order valence-corrected chi connectivity index (χ4v) is 1.46. The maximum atomic E-state index is 8.58. The van der Waals surface area contributed by atoms with Crippen molar-refractivity contribution in [3.63, 3.8) is 0 Å². The second-order valence-electron chi connectivity index (χ2n) is 3.79. The lowest BCUT2D eigenvalue weighted by Crippen LogP contribution is -1.98. The zero-order chi connectivity index (χ0) is 16.3. The average Bonchev–Trinajstić information content (AvgIpc) is 2.55. The molecule has 0 spiro atoms. The molecule has 0 amide bonds. The standard InChI is InChI=1S/C13H12N4.2C2H6/c1-9-8-16-13(17-12(9)15)11-4-2-10(3-5-11)6-7-14;2*1-2/h2-5,8H,6H2,1H3,(H2,15,16,17);2*1-2H3. The summed E-state index contributed by atoms with van der Waals surface area (Å²) in [5.41, 5.74) is 8.50. The van der Waals surface area contributed by atoms with Crippen LogP contribution in [-0.2, 0) is 6.42 Å². The van der Waals surface area contributed by atoms with E-state index in [0.717, 1.165) is 16.7 Å². The van der Waals surface area contributed by atoms with Crippen molar-refractivity contribution in [2.75, 3.05) is 5.73 Å². The number of aromatic nitrogens is 2. The van der Waals surface area contributed by atoms with Gasteiger partial charge in [0.25, 0.3) is 0 Å². The Bertz CT molecular complexity index is 568. The van der Waals surface area contributed by atoms with Crippen LogP contribution in [0.2, 0.25) is 0 Å². The van der Waals surface area contributed by atoms with Crippen molar-refractivity contribution in [2.45, 2.75) is 41.0 Å². The highest BCUT2D eigenvalue weighted by Crippen LogP contribution is 2.17. The number of hydrogen-bond donors (Lipinski definition) is 1. The summed E-state index contributed by atoms with van der Waals surface area (Å²) in [6.07, 6.45) is 2.12. The van der Waals surface area contributed by atoms with Gasteiger partial charge in [0, 0.05) is 17.3 Å². The molecule has 0 aliphatic heterocycles. The van der Waals surface area contributed by atoms with Crippen molar-refractivity contribution in [3.8, 4) is 17.5 Å². The van der Waals surface area contributed by atoms with E-state index in [0.29, 0.717) is 18.1 Å². The Labute approximate surface area is 127 Å². The van der Waals surface area contributed by atoms with Gasteiger partial charge < -0.3 is 5.73 Å².